The molecule has 25 heavy (non-hydrogen) atoms. The van der Waals surface area contributed by atoms with Crippen LogP contribution in [0.2, 0.25) is 0 Å². The molecule has 2 aromatic rings. The Morgan fingerprint density at radius 2 is 1.88 bits per heavy atom. The second-order valence-corrected chi connectivity index (χ2v) is 7.66. The van der Waals surface area contributed by atoms with Crippen LogP contribution in [0.15, 0.2) is 47.6 Å². The van der Waals surface area contributed by atoms with Gasteiger partial charge in [-0.15, -0.1) is 0 Å². The number of nitrogens with zero attached hydrogens (tertiary/aromatic N) is 3. The largest absolute Gasteiger partial charge is 0.294 e. The Morgan fingerprint density at radius 3 is 2.56 bits per heavy atom. The number of piperidine rings is 1. The van der Waals surface area contributed by atoms with Gasteiger partial charge in [-0.25, -0.2) is 22.8 Å². The van der Waals surface area contributed by atoms with E-state index in [0.717, 1.165) is 12.1 Å². The Labute approximate surface area is 145 Å². The van der Waals surface area contributed by atoms with Crippen LogP contribution < -0.4 is 5.32 Å². The summed E-state index contributed by atoms with van der Waals surface area (Å²) in [6, 6.07) is 6.30. The van der Waals surface area contributed by atoms with Gasteiger partial charge in [0.15, 0.2) is 0 Å². The van der Waals surface area contributed by atoms with E-state index in [0.29, 0.717) is 19.4 Å². The van der Waals surface area contributed by atoms with Gasteiger partial charge in [0.1, 0.15) is 5.82 Å². The molecule has 1 aliphatic rings. The van der Waals surface area contributed by atoms with Gasteiger partial charge in [-0.3, -0.25) is 10.1 Å². The van der Waals surface area contributed by atoms with Crippen LogP contribution in [0.4, 0.5) is 10.3 Å². The number of carbonyl (C=O) groups excluding carboxylic acids is 1. The molecule has 7 nitrogen and oxygen atoms in total. The molecule has 0 spiro atoms. The van der Waals surface area contributed by atoms with Crippen molar-refractivity contribution in [1.82, 2.24) is 14.3 Å². The summed E-state index contributed by atoms with van der Waals surface area (Å²) in [7, 11) is -3.76. The highest BCUT2D eigenvalue weighted by Gasteiger charge is 2.33. The van der Waals surface area contributed by atoms with Gasteiger partial charge < -0.3 is 0 Å². The van der Waals surface area contributed by atoms with Crippen LogP contribution >= 0.6 is 0 Å². The molecule has 1 N–H and O–H groups in total. The number of benzene rings is 1. The highest BCUT2D eigenvalue weighted by atomic mass is 32.2. The predicted molar refractivity (Wildman–Crippen MR) is 88.5 cm³/mol. The smallest absolute Gasteiger partial charge is 0.243 e. The SMILES string of the molecule is O=C(Nc1ncccn1)[C@H]1CCCN(S(=O)(=O)c2ccc(F)cc2)C1. The van der Waals surface area contributed by atoms with E-state index >= 15 is 0 Å². The standard InChI is InChI=1S/C16H17FN4O3S/c17-13-4-6-14(7-5-13)25(23,24)21-10-1-3-12(11-21)15(22)20-16-18-8-2-9-19-16/h2,4-9,12H,1,3,10-11H2,(H,18,19,20,22)/t12-/m0/s1. The molecule has 1 aromatic carbocycles. The number of sulfonamides is 1. The molecular formula is C16H17FN4O3S. The fraction of sp³-hybridized carbons (Fsp3) is 0.312. The molecule has 0 unspecified atom stereocenters. The second kappa shape index (κ2) is 7.24. The van der Waals surface area contributed by atoms with Crippen molar-refractivity contribution in [3.63, 3.8) is 0 Å². The predicted octanol–water partition coefficient (Wildman–Crippen LogP) is 1.66. The molecule has 1 saturated heterocycles. The van der Waals surface area contributed by atoms with Crippen LogP contribution in [0.1, 0.15) is 12.8 Å². The van der Waals surface area contributed by atoms with Gasteiger partial charge in [0.25, 0.3) is 0 Å². The van der Waals surface area contributed by atoms with Crippen LogP contribution in [0.25, 0.3) is 0 Å². The van der Waals surface area contributed by atoms with E-state index < -0.39 is 21.8 Å². The maximum absolute atomic E-state index is 13.0. The van der Waals surface area contributed by atoms with Crippen LogP contribution in [0.3, 0.4) is 0 Å². The van der Waals surface area contributed by atoms with Gasteiger partial charge in [0.2, 0.25) is 21.9 Å². The number of rotatable bonds is 4. The van der Waals surface area contributed by atoms with E-state index in [1.165, 1.54) is 28.8 Å². The van der Waals surface area contributed by atoms with Crippen molar-refractivity contribution in [3.05, 3.63) is 48.5 Å². The molecule has 0 radical (unpaired) electrons. The fourth-order valence-electron chi connectivity index (χ4n) is 2.71. The zero-order valence-electron chi connectivity index (χ0n) is 13.3. The summed E-state index contributed by atoms with van der Waals surface area (Å²) in [5.74, 6) is -1.12. The molecular weight excluding hydrogens is 347 g/mol. The highest BCUT2D eigenvalue weighted by Crippen LogP contribution is 2.24. The van der Waals surface area contributed by atoms with Crippen molar-refractivity contribution in [3.8, 4) is 0 Å². The number of amides is 1. The first-order chi connectivity index (χ1) is 12.0. The van der Waals surface area contributed by atoms with E-state index in [-0.39, 0.29) is 23.3 Å². The van der Waals surface area contributed by atoms with Crippen LogP contribution in [0.5, 0.6) is 0 Å². The maximum Gasteiger partial charge on any atom is 0.243 e. The molecule has 1 aromatic heterocycles. The summed E-state index contributed by atoms with van der Waals surface area (Å²) in [5.41, 5.74) is 0. The summed E-state index contributed by atoms with van der Waals surface area (Å²) in [4.78, 5) is 20.2. The first-order valence-corrected chi connectivity index (χ1v) is 9.24. The maximum atomic E-state index is 13.0. The van der Waals surface area contributed by atoms with Gasteiger partial charge >= 0.3 is 0 Å². The summed E-state index contributed by atoms with van der Waals surface area (Å²) < 4.78 is 39.6. The number of aromatic nitrogens is 2. The molecule has 0 bridgehead atoms. The first kappa shape index (κ1) is 17.4. The third-order valence-electron chi connectivity index (χ3n) is 4.01. The van der Waals surface area contributed by atoms with E-state index in [9.17, 15) is 17.6 Å². The van der Waals surface area contributed by atoms with E-state index in [4.69, 9.17) is 0 Å². The van der Waals surface area contributed by atoms with E-state index in [1.807, 2.05) is 0 Å². The van der Waals surface area contributed by atoms with Gasteiger partial charge in [0.05, 0.1) is 10.8 Å². The molecule has 9 heteroatoms. The summed E-state index contributed by atoms with van der Waals surface area (Å²) in [6.07, 6.45) is 4.16. The minimum Gasteiger partial charge on any atom is -0.294 e. The van der Waals surface area contributed by atoms with Gasteiger partial charge in [-0.2, -0.15) is 4.31 Å². The quantitative estimate of drug-likeness (QED) is 0.891. The summed E-state index contributed by atoms with van der Waals surface area (Å²) >= 11 is 0. The van der Waals surface area contributed by atoms with Crippen molar-refractivity contribution in [2.45, 2.75) is 17.7 Å². The third-order valence-corrected chi connectivity index (χ3v) is 5.89. The normalized spacial score (nSPS) is 18.7. The number of nitrogens with one attached hydrogen (secondary N) is 1. The summed E-state index contributed by atoms with van der Waals surface area (Å²) in [6.45, 7) is 0.393. The number of carbonyl (C=O) groups is 1. The number of anilines is 1. The Balaban J connectivity index is 1.72. The lowest BCUT2D eigenvalue weighted by Gasteiger charge is -2.31. The van der Waals surface area contributed by atoms with Crippen molar-refractivity contribution in [2.24, 2.45) is 5.92 Å². The minimum atomic E-state index is -3.76. The molecule has 2 heterocycles. The Kier molecular flexibility index (Phi) is 5.05. The van der Waals surface area contributed by atoms with Crippen LogP contribution in [-0.4, -0.2) is 41.7 Å². The Morgan fingerprint density at radius 1 is 1.20 bits per heavy atom. The number of hydrogen-bond donors (Lipinski definition) is 1. The van der Waals surface area contributed by atoms with Crippen molar-refractivity contribution < 1.29 is 17.6 Å². The molecule has 1 amide bonds. The molecule has 0 aliphatic carbocycles. The van der Waals surface area contributed by atoms with Crippen LogP contribution in [-0.2, 0) is 14.8 Å². The molecule has 132 valence electrons. The first-order valence-electron chi connectivity index (χ1n) is 7.80. The lowest BCUT2D eigenvalue weighted by molar-refractivity contribution is -0.120. The molecule has 1 fully saturated rings. The monoisotopic (exact) mass is 364 g/mol. The van der Waals surface area contributed by atoms with E-state index in [2.05, 4.69) is 15.3 Å². The Bertz CT molecular complexity index is 843. The van der Waals surface area contributed by atoms with Crippen LogP contribution in [0, 0.1) is 11.7 Å². The molecule has 3 rings (SSSR count). The lowest BCUT2D eigenvalue weighted by Crippen LogP contribution is -2.43. The second-order valence-electron chi connectivity index (χ2n) is 5.72. The van der Waals surface area contributed by atoms with Crippen molar-refractivity contribution >= 4 is 21.9 Å². The zero-order chi connectivity index (χ0) is 17.9. The van der Waals surface area contributed by atoms with Gasteiger partial charge in [-0.05, 0) is 43.2 Å². The average Bonchev–Trinajstić information content (AvgIpc) is 2.63. The molecule has 1 atom stereocenters. The number of halogens is 1. The molecule has 0 saturated carbocycles. The van der Waals surface area contributed by atoms with Crippen molar-refractivity contribution in [2.75, 3.05) is 18.4 Å². The Hall–Kier alpha value is -2.39. The zero-order valence-corrected chi connectivity index (χ0v) is 14.1. The highest BCUT2D eigenvalue weighted by molar-refractivity contribution is 7.89. The molecule has 1 aliphatic heterocycles. The fourth-order valence-corrected chi connectivity index (χ4v) is 4.23. The van der Waals surface area contributed by atoms with Crippen molar-refractivity contribution in [1.29, 1.82) is 0 Å². The topological polar surface area (TPSA) is 92.3 Å². The minimum absolute atomic E-state index is 0.0151. The average molecular weight is 364 g/mol. The summed E-state index contributed by atoms with van der Waals surface area (Å²) in [5, 5.41) is 2.60. The van der Waals surface area contributed by atoms with E-state index in [1.54, 1.807) is 6.07 Å². The lowest BCUT2D eigenvalue weighted by atomic mass is 9.99. The van der Waals surface area contributed by atoms with Gasteiger partial charge in [0, 0.05) is 25.5 Å². The van der Waals surface area contributed by atoms with Gasteiger partial charge in [-0.1, -0.05) is 0 Å². The third kappa shape index (κ3) is 3.99. The number of hydrogen-bond acceptors (Lipinski definition) is 5.